The normalized spacial score (nSPS) is 17.2. The molecule has 1 aliphatic heterocycles. The number of carbonyl (C=O) groups is 2. The number of non-ortho nitro benzene ring substituents is 1. The third-order valence-electron chi connectivity index (χ3n) is 6.15. The molecule has 0 spiro atoms. The zero-order valence-corrected chi connectivity index (χ0v) is 20.2. The average Bonchev–Trinajstić information content (AvgIpc) is 3.13. The lowest BCUT2D eigenvalue weighted by Gasteiger charge is -2.28. The number of nitro groups is 1. The van der Waals surface area contributed by atoms with Crippen LogP contribution in [0.4, 0.5) is 5.69 Å². The summed E-state index contributed by atoms with van der Waals surface area (Å²) in [5.74, 6) is -1.26. The predicted molar refractivity (Wildman–Crippen MR) is 129 cm³/mol. The number of benzene rings is 2. The van der Waals surface area contributed by atoms with Crippen molar-refractivity contribution in [3.05, 3.63) is 69.3 Å². The Morgan fingerprint density at radius 3 is 2.37 bits per heavy atom. The van der Waals surface area contributed by atoms with Gasteiger partial charge in [0.25, 0.3) is 17.4 Å². The minimum atomic E-state index is -0.987. The molecule has 1 aliphatic rings. The van der Waals surface area contributed by atoms with Crippen molar-refractivity contribution in [3.8, 4) is 11.5 Å². The molecule has 1 heterocycles. The lowest BCUT2D eigenvalue weighted by atomic mass is 9.95. The van der Waals surface area contributed by atoms with Gasteiger partial charge in [0.15, 0.2) is 11.5 Å². The maximum absolute atomic E-state index is 13.2. The monoisotopic (exact) mass is 483 g/mol. The van der Waals surface area contributed by atoms with Crippen LogP contribution in [0.2, 0.25) is 0 Å². The van der Waals surface area contributed by atoms with Crippen molar-refractivity contribution in [2.45, 2.75) is 19.9 Å². The van der Waals surface area contributed by atoms with Crippen LogP contribution in [0.5, 0.6) is 11.5 Å². The number of likely N-dealkylation sites (N-methyl/N-ethyl adjacent to an activating group) is 1. The molecule has 10 nitrogen and oxygen atoms in total. The molecule has 1 atom stereocenters. The molecule has 1 N–H and O–H groups in total. The van der Waals surface area contributed by atoms with Crippen LogP contribution in [0.25, 0.3) is 5.76 Å². The summed E-state index contributed by atoms with van der Waals surface area (Å²) in [7, 11) is 2.91. The highest BCUT2D eigenvalue weighted by atomic mass is 16.6. The summed E-state index contributed by atoms with van der Waals surface area (Å²) in [6.45, 7) is 6.21. The Kier molecular flexibility index (Phi) is 8.08. The maximum atomic E-state index is 13.2. The largest absolute Gasteiger partial charge is 0.507 e. The van der Waals surface area contributed by atoms with Crippen LogP contribution >= 0.6 is 0 Å². The number of likely N-dealkylation sites (tertiary alicyclic amines) is 1. The smallest absolute Gasteiger partial charge is 0.295 e. The standard InChI is InChI=1S/C25H29N3O7/c1-5-26(6-2)12-13-27-22(16-8-7-9-18(14-16)28(32)33)21(24(30)25(27)31)23(29)17-10-11-19(34-3)20(15-17)35-4/h7-11,14-15,22,29H,5-6,12-13H2,1-4H3/b23-21+. The maximum Gasteiger partial charge on any atom is 0.295 e. The van der Waals surface area contributed by atoms with E-state index >= 15 is 0 Å². The Morgan fingerprint density at radius 1 is 1.09 bits per heavy atom. The summed E-state index contributed by atoms with van der Waals surface area (Å²) in [6, 6.07) is 9.39. The van der Waals surface area contributed by atoms with E-state index in [9.17, 15) is 24.8 Å². The van der Waals surface area contributed by atoms with Gasteiger partial charge in [-0.1, -0.05) is 26.0 Å². The minimum Gasteiger partial charge on any atom is -0.507 e. The van der Waals surface area contributed by atoms with Gasteiger partial charge in [0.05, 0.1) is 30.8 Å². The third kappa shape index (κ3) is 5.12. The van der Waals surface area contributed by atoms with Gasteiger partial charge in [-0.15, -0.1) is 0 Å². The summed E-state index contributed by atoms with van der Waals surface area (Å²) < 4.78 is 10.5. The van der Waals surface area contributed by atoms with Crippen LogP contribution in [0.1, 0.15) is 31.0 Å². The van der Waals surface area contributed by atoms with Crippen LogP contribution in [0.3, 0.4) is 0 Å². The number of Topliss-reactive ketones (excluding diaryl/α,β-unsaturated/α-hetero) is 1. The van der Waals surface area contributed by atoms with Crippen molar-refractivity contribution in [2.75, 3.05) is 40.4 Å². The van der Waals surface area contributed by atoms with E-state index in [1.165, 1.54) is 43.4 Å². The molecule has 2 aromatic rings. The van der Waals surface area contributed by atoms with Gasteiger partial charge in [0.1, 0.15) is 5.76 Å². The number of carbonyl (C=O) groups excluding carboxylic acids is 2. The first-order valence-electron chi connectivity index (χ1n) is 11.2. The quantitative estimate of drug-likeness (QED) is 0.179. The highest BCUT2D eigenvalue weighted by Gasteiger charge is 2.46. The molecule has 1 amide bonds. The molecule has 1 unspecified atom stereocenters. The summed E-state index contributed by atoms with van der Waals surface area (Å²) in [5, 5.41) is 22.6. The number of rotatable bonds is 10. The Labute approximate surface area is 203 Å². The van der Waals surface area contributed by atoms with Crippen LogP contribution < -0.4 is 9.47 Å². The van der Waals surface area contributed by atoms with E-state index in [2.05, 4.69) is 4.90 Å². The molecule has 186 valence electrons. The zero-order valence-electron chi connectivity index (χ0n) is 20.2. The molecular formula is C25H29N3O7. The van der Waals surface area contributed by atoms with Crippen LogP contribution in [-0.4, -0.2) is 71.9 Å². The van der Waals surface area contributed by atoms with Crippen LogP contribution in [-0.2, 0) is 9.59 Å². The molecule has 0 saturated carbocycles. The van der Waals surface area contributed by atoms with Gasteiger partial charge in [-0.3, -0.25) is 19.7 Å². The van der Waals surface area contributed by atoms with Crippen molar-refractivity contribution in [2.24, 2.45) is 0 Å². The lowest BCUT2D eigenvalue weighted by Crippen LogP contribution is -2.38. The van der Waals surface area contributed by atoms with Crippen molar-refractivity contribution in [1.82, 2.24) is 9.80 Å². The van der Waals surface area contributed by atoms with E-state index in [-0.39, 0.29) is 23.4 Å². The number of nitro benzene ring substituents is 1. The number of amides is 1. The van der Waals surface area contributed by atoms with Gasteiger partial charge in [0.2, 0.25) is 0 Å². The predicted octanol–water partition coefficient (Wildman–Crippen LogP) is 3.38. The van der Waals surface area contributed by atoms with E-state index in [0.717, 1.165) is 13.1 Å². The number of aliphatic hydroxyl groups excluding tert-OH is 1. The second kappa shape index (κ2) is 11.0. The van der Waals surface area contributed by atoms with Gasteiger partial charge in [-0.25, -0.2) is 0 Å². The molecule has 1 fully saturated rings. The molecular weight excluding hydrogens is 454 g/mol. The molecule has 3 rings (SSSR count). The van der Waals surface area contributed by atoms with E-state index in [1.807, 2.05) is 13.8 Å². The van der Waals surface area contributed by atoms with Gasteiger partial charge >= 0.3 is 0 Å². The fourth-order valence-electron chi connectivity index (χ4n) is 4.19. The average molecular weight is 484 g/mol. The van der Waals surface area contributed by atoms with Crippen molar-refractivity contribution in [1.29, 1.82) is 0 Å². The number of ether oxygens (including phenoxy) is 2. The number of methoxy groups -OCH3 is 2. The fraction of sp³-hybridized carbons (Fsp3) is 0.360. The first-order valence-corrected chi connectivity index (χ1v) is 11.2. The fourth-order valence-corrected chi connectivity index (χ4v) is 4.19. The molecule has 35 heavy (non-hydrogen) atoms. The Bertz CT molecular complexity index is 1160. The molecule has 2 aromatic carbocycles. The number of hydrogen-bond acceptors (Lipinski definition) is 8. The van der Waals surface area contributed by atoms with Crippen LogP contribution in [0, 0.1) is 10.1 Å². The Hall–Kier alpha value is -3.92. The van der Waals surface area contributed by atoms with Gasteiger partial charge in [-0.2, -0.15) is 0 Å². The highest BCUT2D eigenvalue weighted by molar-refractivity contribution is 6.46. The van der Waals surface area contributed by atoms with E-state index < -0.39 is 28.4 Å². The van der Waals surface area contributed by atoms with Crippen molar-refractivity contribution < 1.29 is 29.1 Å². The van der Waals surface area contributed by atoms with E-state index in [0.29, 0.717) is 23.6 Å². The number of aliphatic hydroxyl groups is 1. The summed E-state index contributed by atoms with van der Waals surface area (Å²) in [4.78, 5) is 40.6. The first-order chi connectivity index (χ1) is 16.8. The Balaban J connectivity index is 2.17. The number of hydrogen-bond donors (Lipinski definition) is 1. The van der Waals surface area contributed by atoms with Gasteiger partial charge in [0, 0.05) is 30.8 Å². The number of ketones is 1. The van der Waals surface area contributed by atoms with Crippen molar-refractivity contribution >= 4 is 23.1 Å². The zero-order chi connectivity index (χ0) is 25.7. The highest BCUT2D eigenvalue weighted by Crippen LogP contribution is 2.41. The van der Waals surface area contributed by atoms with Gasteiger partial charge in [-0.05, 0) is 36.9 Å². The topological polar surface area (TPSA) is 122 Å². The first kappa shape index (κ1) is 25.7. The number of nitrogens with zero attached hydrogens (tertiary/aromatic N) is 3. The van der Waals surface area contributed by atoms with Crippen molar-refractivity contribution in [3.63, 3.8) is 0 Å². The molecule has 1 saturated heterocycles. The molecule has 0 aromatic heterocycles. The van der Waals surface area contributed by atoms with Crippen LogP contribution in [0.15, 0.2) is 48.0 Å². The minimum absolute atomic E-state index is 0.137. The summed E-state index contributed by atoms with van der Waals surface area (Å²) in [5.41, 5.74) is 0.296. The molecule has 0 radical (unpaired) electrons. The molecule has 0 bridgehead atoms. The lowest BCUT2D eigenvalue weighted by molar-refractivity contribution is -0.384. The van der Waals surface area contributed by atoms with Gasteiger partial charge < -0.3 is 24.4 Å². The second-order valence-electron chi connectivity index (χ2n) is 7.94. The third-order valence-corrected chi connectivity index (χ3v) is 6.15. The Morgan fingerprint density at radius 2 is 1.77 bits per heavy atom. The molecule has 0 aliphatic carbocycles. The van der Waals surface area contributed by atoms with E-state index in [4.69, 9.17) is 9.47 Å². The molecule has 10 heteroatoms. The summed E-state index contributed by atoms with van der Waals surface area (Å²) in [6.07, 6.45) is 0. The van der Waals surface area contributed by atoms with E-state index in [1.54, 1.807) is 18.2 Å². The summed E-state index contributed by atoms with van der Waals surface area (Å²) >= 11 is 0. The second-order valence-corrected chi connectivity index (χ2v) is 7.94. The SMILES string of the molecule is CCN(CC)CCN1C(=O)C(=O)/C(=C(/O)c2ccc(OC)c(OC)c2)C1c1cccc([N+](=O)[O-])c1.